The number of nitrogens with one attached hydrogen (secondary N) is 1. The molecule has 8 heteroatoms. The quantitative estimate of drug-likeness (QED) is 0.630. The number of fused-ring (bicyclic) bond motifs is 1. The molecule has 0 aliphatic rings. The van der Waals surface area contributed by atoms with Crippen molar-refractivity contribution < 1.29 is 17.9 Å². The number of ether oxygens (including phenoxy) is 1. The predicted molar refractivity (Wildman–Crippen MR) is 117 cm³/mol. The van der Waals surface area contributed by atoms with Crippen molar-refractivity contribution in [2.45, 2.75) is 13.0 Å². The van der Waals surface area contributed by atoms with Crippen LogP contribution in [0.3, 0.4) is 0 Å². The molecule has 152 valence electrons. The summed E-state index contributed by atoms with van der Waals surface area (Å²) in [6.45, 7) is 1.52. The van der Waals surface area contributed by atoms with Crippen molar-refractivity contribution in [3.8, 4) is 5.75 Å². The zero-order valence-electron chi connectivity index (χ0n) is 16.2. The second-order valence-electron chi connectivity index (χ2n) is 6.60. The predicted octanol–water partition coefficient (Wildman–Crippen LogP) is 4.30. The first-order valence-corrected chi connectivity index (χ1v) is 11.1. The summed E-state index contributed by atoms with van der Waals surface area (Å²) in [5.74, 6) is -0.0465. The molecule has 3 aromatic carbocycles. The van der Waals surface area contributed by atoms with E-state index in [1.54, 1.807) is 18.2 Å². The van der Waals surface area contributed by atoms with Crippen LogP contribution >= 0.6 is 11.6 Å². The van der Waals surface area contributed by atoms with Crippen LogP contribution in [0.2, 0.25) is 5.02 Å². The number of halogens is 1. The second-order valence-corrected chi connectivity index (χ2v) is 8.87. The standard InChI is InChI=1S/C21H21ClN2O4S/c1-14(21(25)23-17-9-8-15-6-4-5-7-16(15)12-17)24(29(3,26)27)18-10-11-20(28-2)19(22)13-18/h4-14H,1-3H3,(H,23,25)/t14-/m1/s1. The molecule has 0 aliphatic heterocycles. The highest BCUT2D eigenvalue weighted by Crippen LogP contribution is 2.31. The second kappa shape index (κ2) is 8.31. The Kier molecular flexibility index (Phi) is 6.00. The van der Waals surface area contributed by atoms with Gasteiger partial charge in [0.15, 0.2) is 0 Å². The summed E-state index contributed by atoms with van der Waals surface area (Å²) >= 11 is 6.15. The number of nitrogens with zero attached hydrogens (tertiary/aromatic N) is 1. The Morgan fingerprint density at radius 1 is 1.07 bits per heavy atom. The number of anilines is 2. The molecule has 0 saturated heterocycles. The molecule has 0 saturated carbocycles. The van der Waals surface area contributed by atoms with Gasteiger partial charge in [0.05, 0.1) is 24.1 Å². The van der Waals surface area contributed by atoms with Gasteiger partial charge in [-0.05, 0) is 48.0 Å². The number of hydrogen-bond donors (Lipinski definition) is 1. The van der Waals surface area contributed by atoms with Gasteiger partial charge in [-0.15, -0.1) is 0 Å². The minimum atomic E-state index is -3.75. The molecule has 0 aliphatic carbocycles. The molecule has 0 unspecified atom stereocenters. The first-order valence-electron chi connectivity index (χ1n) is 8.83. The van der Waals surface area contributed by atoms with Crippen LogP contribution in [0, 0.1) is 0 Å². The maximum Gasteiger partial charge on any atom is 0.247 e. The topological polar surface area (TPSA) is 75.7 Å². The number of hydrogen-bond acceptors (Lipinski definition) is 4. The molecule has 29 heavy (non-hydrogen) atoms. The summed E-state index contributed by atoms with van der Waals surface area (Å²) in [5.41, 5.74) is 0.862. The van der Waals surface area contributed by atoms with Crippen LogP contribution in [0.1, 0.15) is 6.92 Å². The Hall–Kier alpha value is -2.77. The number of sulfonamides is 1. The highest BCUT2D eigenvalue weighted by atomic mass is 35.5. The molecule has 0 fully saturated rings. The van der Waals surface area contributed by atoms with Gasteiger partial charge in [-0.25, -0.2) is 8.42 Å². The maximum atomic E-state index is 12.8. The average molecular weight is 433 g/mol. The van der Waals surface area contributed by atoms with Crippen LogP contribution in [0.4, 0.5) is 11.4 Å². The maximum absolute atomic E-state index is 12.8. The molecule has 6 nitrogen and oxygen atoms in total. The third-order valence-corrected chi connectivity index (χ3v) is 6.03. The molecule has 0 radical (unpaired) electrons. The monoisotopic (exact) mass is 432 g/mol. The van der Waals surface area contributed by atoms with Crippen LogP contribution in [0.5, 0.6) is 5.75 Å². The number of carbonyl (C=O) groups excluding carboxylic acids is 1. The van der Waals surface area contributed by atoms with Crippen molar-refractivity contribution in [2.24, 2.45) is 0 Å². The normalized spacial score (nSPS) is 12.4. The highest BCUT2D eigenvalue weighted by molar-refractivity contribution is 7.92. The molecule has 0 aromatic heterocycles. The van der Waals surface area contributed by atoms with Gasteiger partial charge in [0.25, 0.3) is 0 Å². The lowest BCUT2D eigenvalue weighted by molar-refractivity contribution is -0.116. The van der Waals surface area contributed by atoms with E-state index in [1.807, 2.05) is 36.4 Å². The minimum absolute atomic E-state index is 0.251. The Morgan fingerprint density at radius 2 is 1.76 bits per heavy atom. The SMILES string of the molecule is COc1ccc(N([C@H](C)C(=O)Nc2ccc3ccccc3c2)S(C)(=O)=O)cc1Cl. The lowest BCUT2D eigenvalue weighted by atomic mass is 10.1. The van der Waals surface area contributed by atoms with Crippen molar-refractivity contribution in [1.29, 1.82) is 0 Å². The van der Waals surface area contributed by atoms with Crippen molar-refractivity contribution >= 4 is 49.7 Å². The lowest BCUT2D eigenvalue weighted by Gasteiger charge is -2.28. The van der Waals surface area contributed by atoms with Crippen LogP contribution in [-0.4, -0.2) is 33.7 Å². The van der Waals surface area contributed by atoms with Gasteiger partial charge in [0.1, 0.15) is 11.8 Å². The number of carbonyl (C=O) groups is 1. The highest BCUT2D eigenvalue weighted by Gasteiger charge is 2.29. The van der Waals surface area contributed by atoms with Crippen LogP contribution in [0.15, 0.2) is 60.7 Å². The fourth-order valence-corrected chi connectivity index (χ4v) is 4.53. The molecule has 0 bridgehead atoms. The van der Waals surface area contributed by atoms with Gasteiger partial charge in [0.2, 0.25) is 15.9 Å². The summed E-state index contributed by atoms with van der Waals surface area (Å²) in [6, 6.07) is 16.8. The molecular weight excluding hydrogens is 412 g/mol. The third kappa shape index (κ3) is 4.63. The fraction of sp³-hybridized carbons (Fsp3) is 0.190. The van der Waals surface area contributed by atoms with E-state index in [9.17, 15) is 13.2 Å². The van der Waals surface area contributed by atoms with Gasteiger partial charge in [0, 0.05) is 5.69 Å². The van der Waals surface area contributed by atoms with Gasteiger partial charge in [-0.2, -0.15) is 0 Å². The number of methoxy groups -OCH3 is 1. The van der Waals surface area contributed by atoms with Crippen molar-refractivity contribution in [3.05, 3.63) is 65.7 Å². The summed E-state index contributed by atoms with van der Waals surface area (Å²) in [4.78, 5) is 12.8. The minimum Gasteiger partial charge on any atom is -0.495 e. The van der Waals surface area contributed by atoms with Crippen LogP contribution < -0.4 is 14.4 Å². The van der Waals surface area contributed by atoms with E-state index < -0.39 is 22.0 Å². The molecule has 1 N–H and O–H groups in total. The van der Waals surface area contributed by atoms with E-state index in [4.69, 9.17) is 16.3 Å². The van der Waals surface area contributed by atoms with Gasteiger partial charge >= 0.3 is 0 Å². The summed E-state index contributed by atoms with van der Waals surface area (Å²) in [7, 11) is -2.29. The summed E-state index contributed by atoms with van der Waals surface area (Å²) in [6.07, 6.45) is 1.05. The lowest BCUT2D eigenvalue weighted by Crippen LogP contribution is -2.45. The van der Waals surface area contributed by atoms with E-state index in [2.05, 4.69) is 5.32 Å². The largest absolute Gasteiger partial charge is 0.495 e. The van der Waals surface area contributed by atoms with E-state index in [0.29, 0.717) is 11.4 Å². The Labute approximate surface area is 175 Å². The molecule has 1 atom stereocenters. The summed E-state index contributed by atoms with van der Waals surface area (Å²) in [5, 5.41) is 5.06. The van der Waals surface area contributed by atoms with E-state index in [-0.39, 0.29) is 10.7 Å². The number of amides is 1. The molecule has 0 spiro atoms. The third-order valence-electron chi connectivity index (χ3n) is 4.50. The van der Waals surface area contributed by atoms with Crippen LogP contribution in [-0.2, 0) is 14.8 Å². The Balaban J connectivity index is 1.89. The summed E-state index contributed by atoms with van der Waals surface area (Å²) < 4.78 is 31.0. The molecular formula is C21H21ClN2O4S. The van der Waals surface area contributed by atoms with E-state index >= 15 is 0 Å². The van der Waals surface area contributed by atoms with Crippen LogP contribution in [0.25, 0.3) is 10.8 Å². The molecule has 0 heterocycles. The number of rotatable bonds is 6. The van der Waals surface area contributed by atoms with Crippen molar-refractivity contribution in [1.82, 2.24) is 0 Å². The zero-order valence-corrected chi connectivity index (χ0v) is 17.8. The molecule has 1 amide bonds. The van der Waals surface area contributed by atoms with Crippen molar-refractivity contribution in [3.63, 3.8) is 0 Å². The van der Waals surface area contributed by atoms with Gasteiger partial charge in [-0.1, -0.05) is 41.9 Å². The fourth-order valence-electron chi connectivity index (χ4n) is 3.11. The zero-order chi connectivity index (χ0) is 21.2. The van der Waals surface area contributed by atoms with E-state index in [1.165, 1.54) is 20.1 Å². The van der Waals surface area contributed by atoms with Crippen molar-refractivity contribution in [2.75, 3.05) is 23.0 Å². The van der Waals surface area contributed by atoms with E-state index in [0.717, 1.165) is 21.3 Å². The first kappa shape index (κ1) is 21.0. The van der Waals surface area contributed by atoms with Gasteiger partial charge in [-0.3, -0.25) is 9.10 Å². The molecule has 3 rings (SSSR count). The Morgan fingerprint density at radius 3 is 2.38 bits per heavy atom. The molecule has 3 aromatic rings. The Bertz CT molecular complexity index is 1160. The average Bonchev–Trinajstić information content (AvgIpc) is 2.67. The van der Waals surface area contributed by atoms with Gasteiger partial charge < -0.3 is 10.1 Å². The first-order chi connectivity index (χ1) is 13.7. The number of benzene rings is 3. The smallest absolute Gasteiger partial charge is 0.247 e.